The molecule has 0 N–H and O–H groups in total. The highest BCUT2D eigenvalue weighted by atomic mass is 32.2. The molecule has 13 heteroatoms. The van der Waals surface area contributed by atoms with Gasteiger partial charge in [0.1, 0.15) is 27.9 Å². The van der Waals surface area contributed by atoms with Gasteiger partial charge in [0, 0.05) is 61.5 Å². The maximum absolute atomic E-state index is 15.6. The molecule has 1 unspecified atom stereocenters. The summed E-state index contributed by atoms with van der Waals surface area (Å²) in [5.41, 5.74) is 0.399. The molecule has 2 aliphatic rings. The van der Waals surface area contributed by atoms with E-state index in [-0.39, 0.29) is 27.8 Å². The van der Waals surface area contributed by atoms with Gasteiger partial charge in [-0.25, -0.2) is 12.7 Å². The van der Waals surface area contributed by atoms with Gasteiger partial charge in [-0.05, 0) is 66.6 Å². The minimum absolute atomic E-state index is 0.0122. The number of amides is 1. The van der Waals surface area contributed by atoms with Crippen LogP contribution in [0.4, 0.5) is 11.4 Å². The molecule has 0 bridgehead atoms. The first-order valence-corrected chi connectivity index (χ1v) is 17.6. The largest absolute Gasteiger partial charge is 0.497 e. The lowest BCUT2D eigenvalue weighted by Crippen LogP contribution is -2.60. The fraction of sp³-hybridized carbons (Fsp3) is 0.324. The average molecular weight is 698 g/mol. The van der Waals surface area contributed by atoms with E-state index in [0.717, 1.165) is 9.99 Å². The zero-order valence-electron chi connectivity index (χ0n) is 28.6. The van der Waals surface area contributed by atoms with Crippen molar-refractivity contribution in [1.82, 2.24) is 9.88 Å². The van der Waals surface area contributed by atoms with Crippen LogP contribution in [0.2, 0.25) is 0 Å². The third-order valence-corrected chi connectivity index (χ3v) is 10.8. The molecule has 1 saturated heterocycles. The molecule has 0 radical (unpaired) electrons. The van der Waals surface area contributed by atoms with Crippen molar-refractivity contribution in [2.24, 2.45) is 5.92 Å². The molecule has 3 aromatic carbocycles. The summed E-state index contributed by atoms with van der Waals surface area (Å²) in [5, 5.41) is 10.1. The fourth-order valence-corrected chi connectivity index (χ4v) is 8.26. The van der Waals surface area contributed by atoms with Crippen molar-refractivity contribution >= 4 is 27.3 Å². The van der Waals surface area contributed by atoms with Crippen LogP contribution >= 0.6 is 0 Å². The maximum atomic E-state index is 15.6. The van der Waals surface area contributed by atoms with Crippen LogP contribution in [-0.2, 0) is 20.4 Å². The van der Waals surface area contributed by atoms with Crippen LogP contribution in [0.1, 0.15) is 30.5 Å². The predicted octanol–water partition coefficient (Wildman–Crippen LogP) is 4.82. The number of benzene rings is 3. The zero-order valence-corrected chi connectivity index (χ0v) is 29.4. The van der Waals surface area contributed by atoms with Crippen LogP contribution in [-0.4, -0.2) is 78.3 Å². The topological polar surface area (TPSA) is 135 Å². The van der Waals surface area contributed by atoms with Crippen molar-refractivity contribution in [2.45, 2.75) is 24.3 Å². The molecular weight excluding hydrogens is 659 g/mol. The second-order valence-electron chi connectivity index (χ2n) is 12.4. The molecule has 6 rings (SSSR count). The number of aromatic nitrogens is 1. The average Bonchev–Trinajstić information content (AvgIpc) is 3.42. The van der Waals surface area contributed by atoms with Gasteiger partial charge in [0.2, 0.25) is 0 Å². The van der Waals surface area contributed by atoms with Crippen molar-refractivity contribution in [3.05, 3.63) is 95.8 Å². The minimum atomic E-state index is -4.61. The SMILES string of the molecule is COc1ccc(S(=O)(=O)N2C(=O)C(c3cc(OC)ccc3OCC(C)C)(N3CCN(c4ccncc4)CC3)c3cc(C#N)ccc32)c(OC)c1. The monoisotopic (exact) mass is 697 g/mol. The number of piperazine rings is 1. The van der Waals surface area contributed by atoms with Crippen LogP contribution in [0, 0.1) is 17.2 Å². The molecule has 4 aromatic rings. The number of sulfonamides is 1. The van der Waals surface area contributed by atoms with Crippen LogP contribution in [0.25, 0.3) is 0 Å². The maximum Gasteiger partial charge on any atom is 0.274 e. The van der Waals surface area contributed by atoms with Crippen molar-refractivity contribution in [2.75, 3.05) is 63.3 Å². The van der Waals surface area contributed by atoms with Gasteiger partial charge in [-0.15, -0.1) is 0 Å². The number of carbonyl (C=O) groups excluding carboxylic acids is 1. The quantitative estimate of drug-likeness (QED) is 0.214. The van der Waals surface area contributed by atoms with E-state index in [1.165, 1.54) is 51.7 Å². The number of hydrogen-bond donors (Lipinski definition) is 0. The molecule has 2 aliphatic heterocycles. The summed E-state index contributed by atoms with van der Waals surface area (Å²) in [6.45, 7) is 6.16. The number of rotatable bonds is 11. The van der Waals surface area contributed by atoms with E-state index in [2.05, 4.69) is 16.0 Å². The van der Waals surface area contributed by atoms with E-state index in [9.17, 15) is 13.7 Å². The Kier molecular flexibility index (Phi) is 9.60. The molecule has 3 heterocycles. The van der Waals surface area contributed by atoms with Crippen LogP contribution in [0.5, 0.6) is 23.0 Å². The molecule has 1 amide bonds. The summed E-state index contributed by atoms with van der Waals surface area (Å²) in [6, 6.07) is 20.2. The van der Waals surface area contributed by atoms with E-state index < -0.39 is 21.5 Å². The van der Waals surface area contributed by atoms with E-state index in [4.69, 9.17) is 18.9 Å². The van der Waals surface area contributed by atoms with Gasteiger partial charge in [0.15, 0.2) is 5.54 Å². The Hall–Kier alpha value is -5.32. The molecule has 260 valence electrons. The lowest BCUT2D eigenvalue weighted by Gasteiger charge is -2.46. The number of methoxy groups -OCH3 is 3. The van der Waals surface area contributed by atoms with Gasteiger partial charge in [0.25, 0.3) is 15.9 Å². The lowest BCUT2D eigenvalue weighted by atomic mass is 9.80. The standard InChI is InChI=1S/C37H39N5O7S/c1-25(2)24-49-33-10-7-28(46-3)21-31(33)37(41-18-16-40(17-19-41)27-12-14-39-15-13-27)30-20-26(23-38)6-9-32(30)42(36(37)43)50(44,45)35-11-8-29(47-4)22-34(35)48-5/h6-15,20-22,25H,16-19,24H2,1-5H3. The molecule has 1 aromatic heterocycles. The summed E-state index contributed by atoms with van der Waals surface area (Å²) >= 11 is 0. The predicted molar refractivity (Wildman–Crippen MR) is 188 cm³/mol. The second-order valence-corrected chi connectivity index (χ2v) is 14.1. The normalized spacial score (nSPS) is 17.7. The van der Waals surface area contributed by atoms with Gasteiger partial charge in [-0.2, -0.15) is 5.26 Å². The number of ether oxygens (including phenoxy) is 4. The molecule has 12 nitrogen and oxygen atoms in total. The smallest absolute Gasteiger partial charge is 0.274 e. The number of nitriles is 1. The van der Waals surface area contributed by atoms with Crippen LogP contribution in [0.15, 0.2) is 84.0 Å². The third kappa shape index (κ3) is 5.84. The van der Waals surface area contributed by atoms with E-state index >= 15 is 4.79 Å². The van der Waals surface area contributed by atoms with Crippen molar-refractivity contribution < 1.29 is 32.2 Å². The van der Waals surface area contributed by atoms with Gasteiger partial charge >= 0.3 is 0 Å². The Morgan fingerprint density at radius 2 is 1.52 bits per heavy atom. The van der Waals surface area contributed by atoms with Gasteiger partial charge in [0.05, 0.1) is 45.3 Å². The third-order valence-electron chi connectivity index (χ3n) is 9.05. The summed E-state index contributed by atoms with van der Waals surface area (Å²) in [7, 11) is -0.264. The van der Waals surface area contributed by atoms with E-state index in [1.807, 2.05) is 30.9 Å². The Balaban J connectivity index is 1.61. The Morgan fingerprint density at radius 1 is 0.840 bits per heavy atom. The number of anilines is 2. The highest BCUT2D eigenvalue weighted by Crippen LogP contribution is 2.54. The Morgan fingerprint density at radius 3 is 2.16 bits per heavy atom. The Labute approximate surface area is 292 Å². The van der Waals surface area contributed by atoms with Crippen molar-refractivity contribution in [1.29, 1.82) is 5.26 Å². The number of nitrogens with zero attached hydrogens (tertiary/aromatic N) is 5. The lowest BCUT2D eigenvalue weighted by molar-refractivity contribution is -0.127. The molecule has 0 spiro atoms. The highest BCUT2D eigenvalue weighted by Gasteiger charge is 2.61. The van der Waals surface area contributed by atoms with Gasteiger partial charge < -0.3 is 23.8 Å². The Bertz CT molecular complexity index is 2040. The second kappa shape index (κ2) is 13.9. The van der Waals surface area contributed by atoms with Crippen molar-refractivity contribution in [3.63, 3.8) is 0 Å². The summed E-state index contributed by atoms with van der Waals surface area (Å²) < 4.78 is 53.4. The summed E-state index contributed by atoms with van der Waals surface area (Å²) in [5.74, 6) is 0.673. The van der Waals surface area contributed by atoms with Crippen molar-refractivity contribution in [3.8, 4) is 29.1 Å². The molecule has 50 heavy (non-hydrogen) atoms. The minimum Gasteiger partial charge on any atom is -0.497 e. The van der Waals surface area contributed by atoms with E-state index in [1.54, 1.807) is 36.7 Å². The van der Waals surface area contributed by atoms with Gasteiger partial charge in [-0.1, -0.05) is 13.8 Å². The first-order valence-electron chi connectivity index (χ1n) is 16.2. The number of hydrogen-bond acceptors (Lipinski definition) is 11. The summed E-state index contributed by atoms with van der Waals surface area (Å²) in [6.07, 6.45) is 3.46. The molecule has 1 fully saturated rings. The molecular formula is C37H39N5O7S. The highest BCUT2D eigenvalue weighted by molar-refractivity contribution is 7.93. The number of pyridine rings is 1. The number of fused-ring (bicyclic) bond motifs is 1. The number of carbonyl (C=O) groups is 1. The summed E-state index contributed by atoms with van der Waals surface area (Å²) in [4.78, 5) is 23.7. The first kappa shape index (κ1) is 34.5. The first-order chi connectivity index (χ1) is 24.1. The fourth-order valence-electron chi connectivity index (χ4n) is 6.66. The molecule has 1 atom stereocenters. The molecule has 0 aliphatic carbocycles. The van der Waals surface area contributed by atoms with Crippen LogP contribution in [0.3, 0.4) is 0 Å². The molecule has 0 saturated carbocycles. The van der Waals surface area contributed by atoms with E-state index in [0.29, 0.717) is 61.2 Å². The van der Waals surface area contributed by atoms with Gasteiger partial charge in [-0.3, -0.25) is 14.7 Å². The van der Waals surface area contributed by atoms with Crippen LogP contribution < -0.4 is 28.2 Å². The zero-order chi connectivity index (χ0) is 35.6.